The number of sulfonamides is 1. The van der Waals surface area contributed by atoms with Gasteiger partial charge in [0.2, 0.25) is 10.0 Å². The highest BCUT2D eigenvalue weighted by Crippen LogP contribution is 2.29. The molecular formula is C18H19Cl2N3O4S. The van der Waals surface area contributed by atoms with E-state index in [1.807, 2.05) is 0 Å². The Balaban J connectivity index is 2.18. The molecule has 0 radical (unpaired) electrons. The predicted octanol–water partition coefficient (Wildman–Crippen LogP) is 3.31. The Morgan fingerprint density at radius 3 is 2.43 bits per heavy atom. The molecule has 0 saturated heterocycles. The van der Waals surface area contributed by atoms with Gasteiger partial charge in [0.25, 0.3) is 5.91 Å². The molecule has 0 atom stereocenters. The topological polar surface area (TPSA) is 88.1 Å². The minimum Gasteiger partial charge on any atom is -0.492 e. The zero-order chi connectivity index (χ0) is 20.7. The van der Waals surface area contributed by atoms with Crippen LogP contribution < -0.4 is 14.5 Å². The first kappa shape index (κ1) is 22.0. The van der Waals surface area contributed by atoms with Gasteiger partial charge >= 0.3 is 0 Å². The molecule has 0 spiro atoms. The minimum absolute atomic E-state index is 0.264. The second kappa shape index (κ2) is 9.77. The number of carbonyl (C=O) groups excluding carboxylic acids is 1. The molecule has 0 saturated carbocycles. The lowest BCUT2D eigenvalue weighted by atomic mass is 10.2. The normalized spacial score (nSPS) is 11.4. The maximum Gasteiger partial charge on any atom is 0.260 e. The molecule has 1 amide bonds. The first-order valence-corrected chi connectivity index (χ1v) is 10.8. The third kappa shape index (κ3) is 5.85. The fourth-order valence-electron chi connectivity index (χ4n) is 2.29. The van der Waals surface area contributed by atoms with E-state index in [4.69, 9.17) is 27.9 Å². The number of nitrogens with one attached hydrogen (secondary N) is 1. The summed E-state index contributed by atoms with van der Waals surface area (Å²) in [6.07, 6.45) is 2.30. The van der Waals surface area contributed by atoms with E-state index in [1.165, 1.54) is 6.21 Å². The van der Waals surface area contributed by atoms with Gasteiger partial charge in [0, 0.05) is 5.56 Å². The van der Waals surface area contributed by atoms with Crippen molar-refractivity contribution < 1.29 is 17.9 Å². The Kier molecular flexibility index (Phi) is 7.68. The molecule has 0 aromatic heterocycles. The smallest absolute Gasteiger partial charge is 0.260 e. The van der Waals surface area contributed by atoms with Crippen molar-refractivity contribution in [2.24, 2.45) is 5.10 Å². The van der Waals surface area contributed by atoms with E-state index in [-0.39, 0.29) is 5.69 Å². The summed E-state index contributed by atoms with van der Waals surface area (Å²) in [4.78, 5) is 12.3. The van der Waals surface area contributed by atoms with Crippen molar-refractivity contribution in [3.05, 3.63) is 58.1 Å². The van der Waals surface area contributed by atoms with Gasteiger partial charge in [-0.25, -0.2) is 13.8 Å². The van der Waals surface area contributed by atoms with Gasteiger partial charge in [-0.1, -0.05) is 41.4 Å². The van der Waals surface area contributed by atoms with Crippen LogP contribution in [0.15, 0.2) is 47.6 Å². The number of carbonyl (C=O) groups is 1. The fraction of sp³-hybridized carbons (Fsp3) is 0.222. The van der Waals surface area contributed by atoms with Gasteiger partial charge in [-0.3, -0.25) is 9.10 Å². The molecule has 2 rings (SSSR count). The van der Waals surface area contributed by atoms with Gasteiger partial charge in [-0.05, 0) is 31.2 Å². The highest BCUT2D eigenvalue weighted by atomic mass is 35.5. The van der Waals surface area contributed by atoms with Crippen LogP contribution in [0.25, 0.3) is 0 Å². The largest absolute Gasteiger partial charge is 0.492 e. The summed E-state index contributed by atoms with van der Waals surface area (Å²) in [6.45, 7) is 1.66. The SMILES string of the molecule is CCOc1ccccc1N(CC(=O)N/N=C\c1c(Cl)cccc1Cl)S(C)(=O)=O. The fourth-order valence-corrected chi connectivity index (χ4v) is 3.65. The van der Waals surface area contributed by atoms with Crippen molar-refractivity contribution >= 4 is 51.0 Å². The first-order chi connectivity index (χ1) is 13.2. The zero-order valence-corrected chi connectivity index (χ0v) is 17.6. The summed E-state index contributed by atoms with van der Waals surface area (Å²) in [7, 11) is -3.75. The Bertz CT molecular complexity index is 960. The van der Waals surface area contributed by atoms with Gasteiger partial charge in [-0.15, -0.1) is 0 Å². The summed E-state index contributed by atoms with van der Waals surface area (Å²) in [6, 6.07) is 11.5. The van der Waals surface area contributed by atoms with Crippen molar-refractivity contribution in [3.8, 4) is 5.75 Å². The average Bonchev–Trinajstić information content (AvgIpc) is 2.62. The number of para-hydroxylation sites is 2. The highest BCUT2D eigenvalue weighted by Gasteiger charge is 2.23. The summed E-state index contributed by atoms with van der Waals surface area (Å²) in [5.74, 6) is -0.286. The molecular weight excluding hydrogens is 425 g/mol. The second-order valence-corrected chi connectivity index (χ2v) is 8.32. The molecule has 10 heteroatoms. The highest BCUT2D eigenvalue weighted by molar-refractivity contribution is 7.92. The standard InChI is InChI=1S/C18H19Cl2N3O4S/c1-3-27-17-10-5-4-9-16(17)23(28(2,25)26)12-18(24)22-21-11-13-14(19)7-6-8-15(13)20/h4-11H,3,12H2,1-2H3,(H,22,24)/b21-11-. The van der Waals surface area contributed by atoms with E-state index >= 15 is 0 Å². The van der Waals surface area contributed by atoms with Crippen molar-refractivity contribution in [2.45, 2.75) is 6.92 Å². The minimum atomic E-state index is -3.75. The summed E-state index contributed by atoms with van der Waals surface area (Å²) in [5, 5.41) is 4.54. The number of hydrogen-bond acceptors (Lipinski definition) is 5. The van der Waals surface area contributed by atoms with E-state index < -0.39 is 22.5 Å². The van der Waals surface area contributed by atoms with Crippen LogP contribution in [0, 0.1) is 0 Å². The van der Waals surface area contributed by atoms with Crippen LogP contribution in [0.4, 0.5) is 5.69 Å². The van der Waals surface area contributed by atoms with Crippen LogP contribution in [0.5, 0.6) is 5.75 Å². The predicted molar refractivity (Wildman–Crippen MR) is 112 cm³/mol. The van der Waals surface area contributed by atoms with Gasteiger partial charge in [0.05, 0.1) is 34.8 Å². The Morgan fingerprint density at radius 1 is 1.18 bits per heavy atom. The molecule has 0 fully saturated rings. The maximum absolute atomic E-state index is 12.3. The molecule has 150 valence electrons. The molecule has 1 N–H and O–H groups in total. The Morgan fingerprint density at radius 2 is 1.82 bits per heavy atom. The zero-order valence-electron chi connectivity index (χ0n) is 15.2. The molecule has 7 nitrogen and oxygen atoms in total. The van der Waals surface area contributed by atoms with Crippen LogP contribution in [-0.4, -0.2) is 39.9 Å². The summed E-state index contributed by atoms with van der Waals surface area (Å²) < 4.78 is 30.9. The molecule has 0 bridgehead atoms. The Hall–Kier alpha value is -2.29. The van der Waals surface area contributed by atoms with E-state index in [2.05, 4.69) is 10.5 Å². The molecule has 28 heavy (non-hydrogen) atoms. The first-order valence-electron chi connectivity index (χ1n) is 8.19. The Labute approximate surface area is 173 Å². The summed E-state index contributed by atoms with van der Waals surface area (Å²) >= 11 is 12.1. The quantitative estimate of drug-likeness (QED) is 0.500. The van der Waals surface area contributed by atoms with Gasteiger partial charge < -0.3 is 4.74 Å². The number of halogens is 2. The van der Waals surface area contributed by atoms with Crippen LogP contribution >= 0.6 is 23.2 Å². The molecule has 0 aliphatic rings. The number of anilines is 1. The van der Waals surface area contributed by atoms with E-state index in [9.17, 15) is 13.2 Å². The molecule has 2 aromatic carbocycles. The number of amides is 1. The molecule has 0 aliphatic heterocycles. The van der Waals surface area contributed by atoms with E-state index in [0.29, 0.717) is 28.0 Å². The molecule has 0 aliphatic carbocycles. The molecule has 0 unspecified atom stereocenters. The van der Waals surface area contributed by atoms with Crippen molar-refractivity contribution in [1.29, 1.82) is 0 Å². The number of hydrogen-bond donors (Lipinski definition) is 1. The number of ether oxygens (including phenoxy) is 1. The lowest BCUT2D eigenvalue weighted by Crippen LogP contribution is -2.39. The third-order valence-corrected chi connectivity index (χ3v) is 5.29. The summed E-state index contributed by atoms with van der Waals surface area (Å²) in [5.41, 5.74) is 2.98. The molecule has 2 aromatic rings. The lowest BCUT2D eigenvalue weighted by molar-refractivity contribution is -0.119. The monoisotopic (exact) mass is 443 g/mol. The van der Waals surface area contributed by atoms with Crippen LogP contribution in [0.3, 0.4) is 0 Å². The van der Waals surface area contributed by atoms with Crippen LogP contribution in [-0.2, 0) is 14.8 Å². The van der Waals surface area contributed by atoms with E-state index in [1.54, 1.807) is 49.4 Å². The van der Waals surface area contributed by atoms with Crippen molar-refractivity contribution in [1.82, 2.24) is 5.43 Å². The van der Waals surface area contributed by atoms with Crippen LogP contribution in [0.1, 0.15) is 12.5 Å². The van der Waals surface area contributed by atoms with Crippen molar-refractivity contribution in [2.75, 3.05) is 23.7 Å². The average molecular weight is 444 g/mol. The number of nitrogens with zero attached hydrogens (tertiary/aromatic N) is 2. The number of rotatable bonds is 8. The lowest BCUT2D eigenvalue weighted by Gasteiger charge is -2.23. The number of hydrazone groups is 1. The second-order valence-electron chi connectivity index (χ2n) is 5.60. The maximum atomic E-state index is 12.3. The molecule has 0 heterocycles. The van der Waals surface area contributed by atoms with Gasteiger partial charge in [0.15, 0.2) is 0 Å². The number of benzene rings is 2. The van der Waals surface area contributed by atoms with Gasteiger partial charge in [-0.2, -0.15) is 5.10 Å². The van der Waals surface area contributed by atoms with Gasteiger partial charge in [0.1, 0.15) is 12.3 Å². The van der Waals surface area contributed by atoms with E-state index in [0.717, 1.165) is 10.6 Å². The van der Waals surface area contributed by atoms with Crippen molar-refractivity contribution in [3.63, 3.8) is 0 Å². The third-order valence-electron chi connectivity index (χ3n) is 3.50. The van der Waals surface area contributed by atoms with Crippen LogP contribution in [0.2, 0.25) is 10.0 Å².